The molecule has 0 bridgehead atoms. The predicted molar refractivity (Wildman–Crippen MR) is 66.7 cm³/mol. The van der Waals surface area contributed by atoms with Crippen molar-refractivity contribution in [1.29, 1.82) is 0 Å². The summed E-state index contributed by atoms with van der Waals surface area (Å²) in [6, 6.07) is 8.80. The zero-order chi connectivity index (χ0) is 11.0. The highest BCUT2D eigenvalue weighted by Crippen LogP contribution is 2.37. The van der Waals surface area contributed by atoms with Gasteiger partial charge in [0.15, 0.2) is 0 Å². The molecular weight excluding hydrogens is 216 g/mol. The lowest BCUT2D eigenvalue weighted by Crippen LogP contribution is -2.37. The zero-order valence-corrected chi connectivity index (χ0v) is 9.78. The normalized spacial score (nSPS) is 19.9. The molecule has 0 fully saturated rings. The van der Waals surface area contributed by atoms with Crippen molar-refractivity contribution in [3.8, 4) is 0 Å². The van der Waals surface area contributed by atoms with Gasteiger partial charge in [0.1, 0.15) is 0 Å². The van der Waals surface area contributed by atoms with Crippen molar-refractivity contribution in [2.75, 3.05) is 0 Å². The van der Waals surface area contributed by atoms with E-state index < -0.39 is 0 Å². The molecule has 16 heavy (non-hydrogen) atoms. The van der Waals surface area contributed by atoms with Crippen molar-refractivity contribution in [1.82, 2.24) is 4.98 Å². The second-order valence-corrected chi connectivity index (χ2v) is 5.28. The Labute approximate surface area is 99.1 Å². The Kier molecular flexibility index (Phi) is 2.50. The van der Waals surface area contributed by atoms with E-state index in [0.29, 0.717) is 5.92 Å². The van der Waals surface area contributed by atoms with Crippen LogP contribution in [0.15, 0.2) is 35.8 Å². The summed E-state index contributed by atoms with van der Waals surface area (Å²) >= 11 is 1.69. The SMILES string of the molecule is NC(Cc1nccs1)C1Cc2ccccc21. The van der Waals surface area contributed by atoms with Crippen LogP contribution in [-0.4, -0.2) is 11.0 Å². The van der Waals surface area contributed by atoms with Crippen LogP contribution < -0.4 is 5.73 Å². The monoisotopic (exact) mass is 230 g/mol. The van der Waals surface area contributed by atoms with Gasteiger partial charge in [-0.15, -0.1) is 11.3 Å². The molecule has 1 aliphatic rings. The number of rotatable bonds is 3. The molecule has 2 unspecified atom stereocenters. The number of thiazole rings is 1. The smallest absolute Gasteiger partial charge is 0.0940 e. The van der Waals surface area contributed by atoms with E-state index in [-0.39, 0.29) is 6.04 Å². The molecule has 0 aliphatic heterocycles. The number of hydrogen-bond acceptors (Lipinski definition) is 3. The fourth-order valence-corrected chi connectivity index (χ4v) is 3.07. The first kappa shape index (κ1) is 10.00. The van der Waals surface area contributed by atoms with E-state index in [4.69, 9.17) is 5.73 Å². The van der Waals surface area contributed by atoms with E-state index in [2.05, 4.69) is 29.2 Å². The van der Waals surface area contributed by atoms with Gasteiger partial charge in [0, 0.05) is 30.0 Å². The Morgan fingerprint density at radius 1 is 1.44 bits per heavy atom. The molecule has 1 aliphatic carbocycles. The minimum atomic E-state index is 0.209. The molecule has 1 heterocycles. The van der Waals surface area contributed by atoms with Crippen molar-refractivity contribution in [2.45, 2.75) is 24.8 Å². The van der Waals surface area contributed by atoms with Gasteiger partial charge < -0.3 is 5.73 Å². The van der Waals surface area contributed by atoms with E-state index in [0.717, 1.165) is 17.8 Å². The highest BCUT2D eigenvalue weighted by atomic mass is 32.1. The molecule has 2 atom stereocenters. The number of benzene rings is 1. The minimum Gasteiger partial charge on any atom is -0.327 e. The second kappa shape index (κ2) is 4.00. The maximum Gasteiger partial charge on any atom is 0.0940 e. The summed E-state index contributed by atoms with van der Waals surface area (Å²) in [6.07, 6.45) is 3.88. The Morgan fingerprint density at radius 2 is 2.31 bits per heavy atom. The van der Waals surface area contributed by atoms with Gasteiger partial charge in [-0.25, -0.2) is 4.98 Å². The second-order valence-electron chi connectivity index (χ2n) is 4.30. The zero-order valence-electron chi connectivity index (χ0n) is 8.97. The van der Waals surface area contributed by atoms with Crippen molar-refractivity contribution in [2.24, 2.45) is 5.73 Å². The third-order valence-corrected chi connectivity index (χ3v) is 4.11. The molecule has 0 saturated carbocycles. The molecule has 1 aromatic carbocycles. The fraction of sp³-hybridized carbons (Fsp3) is 0.308. The van der Waals surface area contributed by atoms with E-state index >= 15 is 0 Å². The Morgan fingerprint density at radius 3 is 3.06 bits per heavy atom. The van der Waals surface area contributed by atoms with E-state index in [1.807, 2.05) is 11.6 Å². The minimum absolute atomic E-state index is 0.209. The summed E-state index contributed by atoms with van der Waals surface area (Å²) in [7, 11) is 0. The maximum absolute atomic E-state index is 6.25. The van der Waals surface area contributed by atoms with Crippen LogP contribution in [0.5, 0.6) is 0 Å². The Hall–Kier alpha value is -1.19. The van der Waals surface area contributed by atoms with Crippen LogP contribution in [0, 0.1) is 0 Å². The first-order valence-electron chi connectivity index (χ1n) is 5.56. The Balaban J connectivity index is 1.72. The van der Waals surface area contributed by atoms with Gasteiger partial charge in [-0.05, 0) is 17.5 Å². The molecule has 2 nitrogen and oxygen atoms in total. The summed E-state index contributed by atoms with van der Waals surface area (Å²) in [5.74, 6) is 0.528. The lowest BCUT2D eigenvalue weighted by Gasteiger charge is -2.34. The van der Waals surface area contributed by atoms with Gasteiger partial charge in [-0.1, -0.05) is 24.3 Å². The molecule has 0 amide bonds. The lowest BCUT2D eigenvalue weighted by atomic mass is 9.73. The number of nitrogens with zero attached hydrogens (tertiary/aromatic N) is 1. The van der Waals surface area contributed by atoms with Crippen LogP contribution in [0.2, 0.25) is 0 Å². The highest BCUT2D eigenvalue weighted by Gasteiger charge is 2.30. The van der Waals surface area contributed by atoms with Crippen molar-refractivity contribution in [3.63, 3.8) is 0 Å². The first-order valence-corrected chi connectivity index (χ1v) is 6.44. The van der Waals surface area contributed by atoms with Crippen LogP contribution in [0.25, 0.3) is 0 Å². The molecule has 1 aromatic heterocycles. The molecule has 0 spiro atoms. The number of fused-ring (bicyclic) bond motifs is 1. The summed E-state index contributed by atoms with van der Waals surface area (Å²) in [4.78, 5) is 4.29. The predicted octanol–water partition coefficient (Wildman–Crippen LogP) is 2.35. The summed E-state index contributed by atoms with van der Waals surface area (Å²) < 4.78 is 0. The number of aromatic nitrogens is 1. The molecule has 2 aromatic rings. The third-order valence-electron chi connectivity index (χ3n) is 3.31. The van der Waals surface area contributed by atoms with Crippen molar-refractivity contribution in [3.05, 3.63) is 52.0 Å². The molecule has 3 heteroatoms. The summed E-state index contributed by atoms with van der Waals surface area (Å²) in [5.41, 5.74) is 9.15. The van der Waals surface area contributed by atoms with Crippen LogP contribution in [0.1, 0.15) is 22.1 Å². The van der Waals surface area contributed by atoms with E-state index in [9.17, 15) is 0 Å². The summed E-state index contributed by atoms with van der Waals surface area (Å²) in [5, 5.41) is 3.16. The van der Waals surface area contributed by atoms with Gasteiger partial charge in [-0.3, -0.25) is 0 Å². The van der Waals surface area contributed by atoms with Crippen molar-refractivity contribution >= 4 is 11.3 Å². The van der Waals surface area contributed by atoms with Crippen LogP contribution in [0.4, 0.5) is 0 Å². The molecule has 3 rings (SSSR count). The largest absolute Gasteiger partial charge is 0.327 e. The Bertz CT molecular complexity index is 478. The molecular formula is C13H14N2S. The van der Waals surface area contributed by atoms with Gasteiger partial charge in [-0.2, -0.15) is 0 Å². The third kappa shape index (κ3) is 1.66. The number of nitrogens with two attached hydrogens (primary N) is 1. The first-order chi connectivity index (χ1) is 7.84. The molecule has 2 N–H and O–H groups in total. The topological polar surface area (TPSA) is 38.9 Å². The van der Waals surface area contributed by atoms with Gasteiger partial charge in [0.2, 0.25) is 0 Å². The molecule has 0 saturated heterocycles. The van der Waals surface area contributed by atoms with Gasteiger partial charge in [0.25, 0.3) is 0 Å². The standard InChI is InChI=1S/C13H14N2S/c14-12(8-13-15-5-6-16-13)11-7-9-3-1-2-4-10(9)11/h1-6,11-12H,7-8,14H2. The maximum atomic E-state index is 6.25. The lowest BCUT2D eigenvalue weighted by molar-refractivity contribution is 0.480. The van der Waals surface area contributed by atoms with E-state index in [1.54, 1.807) is 11.3 Å². The molecule has 82 valence electrons. The van der Waals surface area contributed by atoms with Gasteiger partial charge in [0.05, 0.1) is 5.01 Å². The average Bonchev–Trinajstić information content (AvgIpc) is 2.72. The van der Waals surface area contributed by atoms with Crippen molar-refractivity contribution < 1.29 is 0 Å². The highest BCUT2D eigenvalue weighted by molar-refractivity contribution is 7.09. The quantitative estimate of drug-likeness (QED) is 0.879. The van der Waals surface area contributed by atoms with E-state index in [1.165, 1.54) is 11.1 Å². The average molecular weight is 230 g/mol. The number of hydrogen-bond donors (Lipinski definition) is 1. The molecule has 0 radical (unpaired) electrons. The van der Waals surface area contributed by atoms with Gasteiger partial charge >= 0.3 is 0 Å². The van der Waals surface area contributed by atoms with Crippen LogP contribution in [-0.2, 0) is 12.8 Å². The summed E-state index contributed by atoms with van der Waals surface area (Å²) in [6.45, 7) is 0. The van der Waals surface area contributed by atoms with Crippen LogP contribution >= 0.6 is 11.3 Å². The fourth-order valence-electron chi connectivity index (χ4n) is 2.38. The van der Waals surface area contributed by atoms with Crippen LogP contribution in [0.3, 0.4) is 0 Å².